The maximum atomic E-state index is 12.9. The topological polar surface area (TPSA) is 94.6 Å². The molecule has 2 aromatic carbocycles. The highest BCUT2D eigenvalue weighted by molar-refractivity contribution is 6.30. The molecule has 176 valence electrons. The van der Waals surface area contributed by atoms with E-state index in [2.05, 4.69) is 4.74 Å². The van der Waals surface area contributed by atoms with Gasteiger partial charge in [0.2, 0.25) is 0 Å². The van der Waals surface area contributed by atoms with Gasteiger partial charge in [-0.25, -0.2) is 4.79 Å². The van der Waals surface area contributed by atoms with Crippen molar-refractivity contribution in [1.29, 1.82) is 0 Å². The monoisotopic (exact) mass is 476 g/mol. The van der Waals surface area contributed by atoms with Crippen LogP contribution in [0, 0.1) is 0 Å². The predicted molar refractivity (Wildman–Crippen MR) is 120 cm³/mol. The average molecular weight is 477 g/mol. The largest absolute Gasteiger partial charge is 0.493 e. The van der Waals surface area contributed by atoms with Crippen molar-refractivity contribution >= 4 is 29.4 Å². The molecule has 0 aliphatic carbocycles. The number of nitrogens with zero attached hydrogens (tertiary/aromatic N) is 2. The summed E-state index contributed by atoms with van der Waals surface area (Å²) in [4.78, 5) is 40.0. The second-order valence-corrected chi connectivity index (χ2v) is 7.58. The summed E-state index contributed by atoms with van der Waals surface area (Å²) < 4.78 is 20.7. The van der Waals surface area contributed by atoms with Gasteiger partial charge in [-0.1, -0.05) is 11.6 Å². The fraction of sp³-hybridized carbons (Fsp3) is 0.348. The number of amides is 2. The van der Waals surface area contributed by atoms with Gasteiger partial charge < -0.3 is 28.7 Å². The van der Waals surface area contributed by atoms with Crippen molar-refractivity contribution in [2.24, 2.45) is 0 Å². The van der Waals surface area contributed by atoms with Gasteiger partial charge in [-0.15, -0.1) is 0 Å². The molecular formula is C23H25ClN2O7. The van der Waals surface area contributed by atoms with Gasteiger partial charge >= 0.3 is 5.97 Å². The van der Waals surface area contributed by atoms with E-state index in [0.717, 1.165) is 0 Å². The van der Waals surface area contributed by atoms with E-state index < -0.39 is 5.97 Å². The maximum Gasteiger partial charge on any atom is 0.343 e. The van der Waals surface area contributed by atoms with Gasteiger partial charge in [-0.05, 0) is 42.5 Å². The molecule has 1 heterocycles. The van der Waals surface area contributed by atoms with Crippen LogP contribution < -0.4 is 14.2 Å². The van der Waals surface area contributed by atoms with Gasteiger partial charge in [-0.3, -0.25) is 9.59 Å². The first kappa shape index (κ1) is 24.2. The first-order valence-corrected chi connectivity index (χ1v) is 10.6. The molecule has 0 spiro atoms. The highest BCUT2D eigenvalue weighted by Gasteiger charge is 2.25. The molecule has 1 fully saturated rings. The van der Waals surface area contributed by atoms with Gasteiger partial charge in [-0.2, -0.15) is 0 Å². The number of hydrogen-bond acceptors (Lipinski definition) is 7. The lowest BCUT2D eigenvalue weighted by atomic mass is 10.1. The molecule has 0 aromatic heterocycles. The summed E-state index contributed by atoms with van der Waals surface area (Å²) in [6.45, 7) is 1.26. The maximum absolute atomic E-state index is 12.9. The first-order chi connectivity index (χ1) is 15.9. The number of piperazine rings is 1. The molecule has 10 heteroatoms. The van der Waals surface area contributed by atoms with Crippen molar-refractivity contribution in [2.45, 2.75) is 0 Å². The molecule has 1 aliphatic rings. The molecule has 3 rings (SSSR count). The molecule has 1 aliphatic heterocycles. The van der Waals surface area contributed by atoms with Gasteiger partial charge in [0, 0.05) is 36.8 Å². The van der Waals surface area contributed by atoms with Crippen LogP contribution in [0.15, 0.2) is 42.5 Å². The molecule has 33 heavy (non-hydrogen) atoms. The van der Waals surface area contributed by atoms with Crippen molar-refractivity contribution in [2.75, 3.05) is 53.6 Å². The zero-order valence-corrected chi connectivity index (χ0v) is 19.2. The Bertz CT molecular complexity index is 989. The van der Waals surface area contributed by atoms with Crippen molar-refractivity contribution in [3.8, 4) is 17.2 Å². The number of ether oxygens (including phenoxy) is 4. The lowest BCUT2D eigenvalue weighted by Gasteiger charge is -2.34. The lowest BCUT2D eigenvalue weighted by molar-refractivity contribution is -0.143. The summed E-state index contributed by atoms with van der Waals surface area (Å²) >= 11 is 5.84. The Labute approximate surface area is 196 Å². The fourth-order valence-corrected chi connectivity index (χ4v) is 3.35. The summed E-state index contributed by atoms with van der Waals surface area (Å²) in [6, 6.07) is 11.5. The van der Waals surface area contributed by atoms with E-state index in [0.29, 0.717) is 54.0 Å². The van der Waals surface area contributed by atoms with E-state index in [9.17, 15) is 14.4 Å². The molecular weight excluding hydrogens is 452 g/mol. The standard InChI is InChI=1S/C23H25ClN2O7/c1-30-20-13-16(3-8-19(20)33-15-22(28)31-2)23(29)26-11-9-25(10-12-26)21(27)14-32-18-6-4-17(24)5-7-18/h3-8,13H,9-12,14-15H2,1-2H3. The number of halogens is 1. The van der Waals surface area contributed by atoms with E-state index in [-0.39, 0.29) is 25.0 Å². The van der Waals surface area contributed by atoms with Gasteiger partial charge in [0.25, 0.3) is 11.8 Å². The number of esters is 1. The van der Waals surface area contributed by atoms with E-state index in [4.69, 9.17) is 25.8 Å². The Kier molecular flexibility index (Phi) is 8.37. The number of methoxy groups -OCH3 is 2. The SMILES string of the molecule is COC(=O)COc1ccc(C(=O)N2CCN(C(=O)COc3ccc(Cl)cc3)CC2)cc1OC. The zero-order chi connectivity index (χ0) is 23.8. The van der Waals surface area contributed by atoms with E-state index in [1.165, 1.54) is 14.2 Å². The van der Waals surface area contributed by atoms with Crippen LogP contribution in [-0.2, 0) is 14.3 Å². The molecule has 0 unspecified atom stereocenters. The van der Waals surface area contributed by atoms with Crippen LogP contribution in [0.2, 0.25) is 5.02 Å². The van der Waals surface area contributed by atoms with Gasteiger partial charge in [0.15, 0.2) is 24.7 Å². The Morgan fingerprint density at radius 2 is 1.52 bits per heavy atom. The minimum Gasteiger partial charge on any atom is -0.493 e. The van der Waals surface area contributed by atoms with E-state index in [1.807, 2.05) is 0 Å². The summed E-state index contributed by atoms with van der Waals surface area (Å²) in [6.07, 6.45) is 0. The van der Waals surface area contributed by atoms with E-state index >= 15 is 0 Å². The van der Waals surface area contributed by atoms with Crippen LogP contribution in [0.5, 0.6) is 17.2 Å². The predicted octanol–water partition coefficient (Wildman–Crippen LogP) is 2.26. The van der Waals surface area contributed by atoms with Crippen LogP contribution in [-0.4, -0.2) is 81.2 Å². The third-order valence-corrected chi connectivity index (χ3v) is 5.33. The van der Waals surface area contributed by atoms with Crippen LogP contribution in [0.1, 0.15) is 10.4 Å². The quantitative estimate of drug-likeness (QED) is 0.539. The molecule has 0 bridgehead atoms. The summed E-state index contributed by atoms with van der Waals surface area (Å²) in [5.74, 6) is 0.370. The average Bonchev–Trinajstić information content (AvgIpc) is 2.86. The van der Waals surface area contributed by atoms with Crippen molar-refractivity contribution in [3.63, 3.8) is 0 Å². The Balaban J connectivity index is 1.52. The minimum absolute atomic E-state index is 0.0835. The van der Waals surface area contributed by atoms with Crippen molar-refractivity contribution < 1.29 is 33.3 Å². The van der Waals surface area contributed by atoms with Crippen LogP contribution in [0.3, 0.4) is 0 Å². The number of benzene rings is 2. The molecule has 0 N–H and O–H groups in total. The second kappa shape index (κ2) is 11.4. The Morgan fingerprint density at radius 3 is 2.15 bits per heavy atom. The summed E-state index contributed by atoms with van der Waals surface area (Å²) in [5, 5.41) is 0.593. The number of hydrogen-bond donors (Lipinski definition) is 0. The number of rotatable bonds is 8. The number of carbonyl (C=O) groups is 3. The van der Waals surface area contributed by atoms with Crippen LogP contribution in [0.4, 0.5) is 0 Å². The summed E-state index contributed by atoms with van der Waals surface area (Å²) in [5.41, 5.74) is 0.420. The van der Waals surface area contributed by atoms with Gasteiger partial charge in [0.05, 0.1) is 14.2 Å². The fourth-order valence-electron chi connectivity index (χ4n) is 3.22. The van der Waals surface area contributed by atoms with Gasteiger partial charge in [0.1, 0.15) is 5.75 Å². The third kappa shape index (κ3) is 6.52. The summed E-state index contributed by atoms with van der Waals surface area (Å²) in [7, 11) is 2.72. The third-order valence-electron chi connectivity index (χ3n) is 5.08. The molecule has 9 nitrogen and oxygen atoms in total. The molecule has 0 atom stereocenters. The smallest absolute Gasteiger partial charge is 0.343 e. The molecule has 2 amide bonds. The highest BCUT2D eigenvalue weighted by Crippen LogP contribution is 2.29. The van der Waals surface area contributed by atoms with Crippen LogP contribution in [0.25, 0.3) is 0 Å². The molecule has 2 aromatic rings. The first-order valence-electron chi connectivity index (χ1n) is 10.2. The normalized spacial score (nSPS) is 13.3. The zero-order valence-electron chi connectivity index (χ0n) is 18.4. The highest BCUT2D eigenvalue weighted by atomic mass is 35.5. The minimum atomic E-state index is -0.525. The molecule has 0 saturated carbocycles. The van der Waals surface area contributed by atoms with Crippen LogP contribution >= 0.6 is 11.6 Å². The Morgan fingerprint density at radius 1 is 0.848 bits per heavy atom. The molecule has 0 radical (unpaired) electrons. The van der Waals surface area contributed by atoms with E-state index in [1.54, 1.807) is 52.3 Å². The van der Waals surface area contributed by atoms with Crippen molar-refractivity contribution in [3.05, 3.63) is 53.1 Å². The molecule has 1 saturated heterocycles. The van der Waals surface area contributed by atoms with Crippen molar-refractivity contribution in [1.82, 2.24) is 9.80 Å². The number of carbonyl (C=O) groups excluding carboxylic acids is 3. The lowest BCUT2D eigenvalue weighted by Crippen LogP contribution is -2.51. The Hall–Kier alpha value is -3.46. The second-order valence-electron chi connectivity index (χ2n) is 7.15.